The van der Waals surface area contributed by atoms with E-state index >= 15 is 0 Å². The number of carbonyl (C=O) groups excluding carboxylic acids is 1. The van der Waals surface area contributed by atoms with Crippen LogP contribution in [0.25, 0.3) is 33.3 Å². The molecule has 2 heterocycles. The molecule has 0 unspecified atom stereocenters. The molecule has 0 radical (unpaired) electrons. The van der Waals surface area contributed by atoms with Crippen molar-refractivity contribution in [2.24, 2.45) is 0 Å². The Bertz CT molecular complexity index is 1630. The lowest BCUT2D eigenvalue weighted by molar-refractivity contribution is -0.143. The average Bonchev–Trinajstić information content (AvgIpc) is 3.25. The molecule has 2 aromatic heterocycles. The molecule has 36 heavy (non-hydrogen) atoms. The van der Waals surface area contributed by atoms with Crippen LogP contribution in [0.5, 0.6) is 0 Å². The molecule has 0 amide bonds. The largest absolute Gasteiger partial charge is 0.465 e. The molecule has 1 N–H and O–H groups in total. The first kappa shape index (κ1) is 23.4. The van der Waals surface area contributed by atoms with Gasteiger partial charge < -0.3 is 14.5 Å². The summed E-state index contributed by atoms with van der Waals surface area (Å²) in [6.07, 6.45) is 1.54. The molecule has 7 nitrogen and oxygen atoms in total. The number of fused-ring (bicyclic) bond motifs is 3. The highest BCUT2D eigenvalue weighted by Gasteiger charge is 2.19. The highest BCUT2D eigenvalue weighted by atomic mass is 16.5. The van der Waals surface area contributed by atoms with Crippen LogP contribution in [0.15, 0.2) is 82.1 Å². The molecule has 5 rings (SSSR count). The van der Waals surface area contributed by atoms with Gasteiger partial charge in [0.1, 0.15) is 29.2 Å². The second kappa shape index (κ2) is 9.70. The van der Waals surface area contributed by atoms with E-state index in [1.807, 2.05) is 74.5 Å². The lowest BCUT2D eigenvalue weighted by atomic mass is 10.0. The second-order valence-electron chi connectivity index (χ2n) is 8.73. The Morgan fingerprint density at radius 1 is 1.06 bits per heavy atom. The normalized spacial score (nSPS) is 12.1. The summed E-state index contributed by atoms with van der Waals surface area (Å²) >= 11 is 0. The number of nitrogens with one attached hydrogen (secondary N) is 1. The van der Waals surface area contributed by atoms with Crippen molar-refractivity contribution in [2.75, 3.05) is 11.9 Å². The van der Waals surface area contributed by atoms with Crippen LogP contribution in [-0.4, -0.2) is 22.1 Å². The molecule has 0 spiro atoms. The SMILES string of the molecule is CCOC(=O)Cn1c(-c2ccccc2C)ncc(N[C@H](C)c2ccc3oc4ccccc4c3c2)c1=O. The van der Waals surface area contributed by atoms with Gasteiger partial charge in [0.15, 0.2) is 0 Å². The number of rotatable bonds is 7. The molecule has 0 aliphatic heterocycles. The first-order valence-electron chi connectivity index (χ1n) is 12.0. The van der Waals surface area contributed by atoms with E-state index in [0.717, 1.165) is 38.6 Å². The summed E-state index contributed by atoms with van der Waals surface area (Å²) in [5, 5.41) is 5.35. The number of furan rings is 1. The quantitative estimate of drug-likeness (QED) is 0.293. The molecular weight excluding hydrogens is 454 g/mol. The molecule has 0 saturated carbocycles. The average molecular weight is 482 g/mol. The van der Waals surface area contributed by atoms with E-state index in [1.54, 1.807) is 6.92 Å². The van der Waals surface area contributed by atoms with E-state index in [9.17, 15) is 9.59 Å². The van der Waals surface area contributed by atoms with Crippen LogP contribution in [0.4, 0.5) is 5.69 Å². The molecule has 3 aromatic carbocycles. The van der Waals surface area contributed by atoms with Gasteiger partial charge in [-0.1, -0.05) is 48.5 Å². The lowest BCUT2D eigenvalue weighted by Gasteiger charge is -2.18. The van der Waals surface area contributed by atoms with Crippen LogP contribution in [0.1, 0.15) is 31.0 Å². The minimum atomic E-state index is -0.487. The Kier molecular flexibility index (Phi) is 6.29. The Balaban J connectivity index is 1.52. The van der Waals surface area contributed by atoms with Crippen molar-refractivity contribution in [1.29, 1.82) is 0 Å². The summed E-state index contributed by atoms with van der Waals surface area (Å²) in [5.74, 6) is -0.0608. The maximum absolute atomic E-state index is 13.6. The van der Waals surface area contributed by atoms with Gasteiger partial charge in [0.2, 0.25) is 0 Å². The van der Waals surface area contributed by atoms with E-state index in [4.69, 9.17) is 9.15 Å². The van der Waals surface area contributed by atoms with Crippen molar-refractivity contribution in [3.8, 4) is 11.4 Å². The van der Waals surface area contributed by atoms with Gasteiger partial charge in [0.05, 0.1) is 12.8 Å². The van der Waals surface area contributed by atoms with Gasteiger partial charge in [0, 0.05) is 22.4 Å². The van der Waals surface area contributed by atoms with Gasteiger partial charge in [-0.15, -0.1) is 0 Å². The predicted octanol–water partition coefficient (Wildman–Crippen LogP) is 5.85. The molecule has 0 bridgehead atoms. The third-order valence-corrected chi connectivity index (χ3v) is 6.30. The number of aryl methyl sites for hydroxylation is 1. The summed E-state index contributed by atoms with van der Waals surface area (Å²) in [6.45, 7) is 5.68. The second-order valence-corrected chi connectivity index (χ2v) is 8.73. The number of benzene rings is 3. The van der Waals surface area contributed by atoms with Gasteiger partial charge in [-0.3, -0.25) is 14.2 Å². The molecular formula is C29H27N3O4. The molecule has 1 atom stereocenters. The van der Waals surface area contributed by atoms with Crippen molar-refractivity contribution in [1.82, 2.24) is 9.55 Å². The first-order chi connectivity index (χ1) is 17.5. The van der Waals surface area contributed by atoms with Gasteiger partial charge in [-0.2, -0.15) is 0 Å². The maximum Gasteiger partial charge on any atom is 0.326 e. The standard InChI is InChI=1S/C29H27N3O4/c1-4-35-27(33)17-32-28(21-10-6-5-9-18(21)2)30-16-24(29(32)34)31-19(3)20-13-14-26-23(15-20)22-11-7-8-12-25(22)36-26/h5-16,19,31H,4,17H2,1-3H3/t19-/m1/s1. The van der Waals surface area contributed by atoms with Crippen LogP contribution in [0.2, 0.25) is 0 Å². The van der Waals surface area contributed by atoms with Crippen LogP contribution in [0.3, 0.4) is 0 Å². The maximum atomic E-state index is 13.6. The van der Waals surface area contributed by atoms with Gasteiger partial charge in [-0.25, -0.2) is 4.98 Å². The topological polar surface area (TPSA) is 86.4 Å². The third kappa shape index (κ3) is 4.35. The summed E-state index contributed by atoms with van der Waals surface area (Å²) in [6, 6.07) is 21.4. The van der Waals surface area contributed by atoms with Gasteiger partial charge >= 0.3 is 5.97 Å². The molecule has 0 aliphatic rings. The van der Waals surface area contributed by atoms with E-state index in [1.165, 1.54) is 10.8 Å². The number of esters is 1. The van der Waals surface area contributed by atoms with Crippen LogP contribution < -0.4 is 10.9 Å². The number of ether oxygens (including phenoxy) is 1. The molecule has 0 saturated heterocycles. The fraction of sp³-hybridized carbons (Fsp3) is 0.207. The number of hydrogen-bond acceptors (Lipinski definition) is 6. The van der Waals surface area contributed by atoms with Crippen LogP contribution >= 0.6 is 0 Å². The van der Waals surface area contributed by atoms with Crippen molar-refractivity contribution >= 4 is 33.6 Å². The Morgan fingerprint density at radius 2 is 1.81 bits per heavy atom. The molecule has 182 valence electrons. The van der Waals surface area contributed by atoms with Crippen molar-refractivity contribution in [2.45, 2.75) is 33.4 Å². The molecule has 0 fully saturated rings. The summed E-state index contributed by atoms with van der Waals surface area (Å²) in [5.41, 5.74) is 4.36. The third-order valence-electron chi connectivity index (χ3n) is 6.30. The minimum Gasteiger partial charge on any atom is -0.465 e. The Hall–Kier alpha value is -4.39. The van der Waals surface area contributed by atoms with Crippen molar-refractivity contribution in [3.05, 3.63) is 94.4 Å². The van der Waals surface area contributed by atoms with Gasteiger partial charge in [0.25, 0.3) is 5.56 Å². The molecule has 7 heteroatoms. The summed E-state index contributed by atoms with van der Waals surface area (Å²) < 4.78 is 12.4. The highest BCUT2D eigenvalue weighted by molar-refractivity contribution is 6.05. The number of para-hydroxylation sites is 1. The monoisotopic (exact) mass is 481 g/mol. The summed E-state index contributed by atoms with van der Waals surface area (Å²) in [7, 11) is 0. The van der Waals surface area contributed by atoms with E-state index in [0.29, 0.717) is 11.5 Å². The Labute approximate surface area is 208 Å². The first-order valence-corrected chi connectivity index (χ1v) is 12.0. The minimum absolute atomic E-state index is 0.196. The number of nitrogens with zero attached hydrogens (tertiary/aromatic N) is 2. The summed E-state index contributed by atoms with van der Waals surface area (Å²) in [4.78, 5) is 30.5. The van der Waals surface area contributed by atoms with E-state index in [2.05, 4.69) is 16.4 Å². The zero-order chi connectivity index (χ0) is 25.2. The highest BCUT2D eigenvalue weighted by Crippen LogP contribution is 2.31. The van der Waals surface area contributed by atoms with Crippen LogP contribution in [-0.2, 0) is 16.1 Å². The number of anilines is 1. The number of carbonyl (C=O) groups is 1. The van der Waals surface area contributed by atoms with Crippen molar-refractivity contribution in [3.63, 3.8) is 0 Å². The van der Waals surface area contributed by atoms with Gasteiger partial charge in [-0.05, 0) is 50.1 Å². The predicted molar refractivity (Wildman–Crippen MR) is 141 cm³/mol. The van der Waals surface area contributed by atoms with Crippen molar-refractivity contribution < 1.29 is 13.9 Å². The van der Waals surface area contributed by atoms with Crippen LogP contribution in [0, 0.1) is 6.92 Å². The lowest BCUT2D eigenvalue weighted by Crippen LogP contribution is -2.30. The fourth-order valence-corrected chi connectivity index (χ4v) is 4.44. The Morgan fingerprint density at radius 3 is 2.61 bits per heavy atom. The molecule has 5 aromatic rings. The molecule has 0 aliphatic carbocycles. The zero-order valence-corrected chi connectivity index (χ0v) is 20.4. The number of hydrogen-bond donors (Lipinski definition) is 1. The zero-order valence-electron chi connectivity index (χ0n) is 20.4. The number of aromatic nitrogens is 2. The smallest absolute Gasteiger partial charge is 0.326 e. The van der Waals surface area contributed by atoms with E-state index in [-0.39, 0.29) is 24.8 Å². The fourth-order valence-electron chi connectivity index (χ4n) is 4.44. The van der Waals surface area contributed by atoms with E-state index < -0.39 is 5.97 Å².